The lowest BCUT2D eigenvalue weighted by molar-refractivity contribution is -0.121. The van der Waals surface area contributed by atoms with E-state index >= 15 is 0 Å². The van der Waals surface area contributed by atoms with Crippen molar-refractivity contribution in [3.63, 3.8) is 0 Å². The van der Waals surface area contributed by atoms with Gasteiger partial charge in [-0.1, -0.05) is 42.5 Å². The molecule has 1 amide bonds. The molecule has 1 aromatic heterocycles. The number of hydrogen-bond donors (Lipinski definition) is 2. The summed E-state index contributed by atoms with van der Waals surface area (Å²) >= 11 is 2.72. The zero-order valence-electron chi connectivity index (χ0n) is 20.3. The lowest BCUT2D eigenvalue weighted by Gasteiger charge is -2.24. The minimum Gasteiger partial charge on any atom is -0.412 e. The molecule has 37 heavy (non-hydrogen) atoms. The predicted molar refractivity (Wildman–Crippen MR) is 149 cm³/mol. The number of piperidine rings is 1. The molecule has 0 aliphatic carbocycles. The summed E-state index contributed by atoms with van der Waals surface area (Å²) in [5, 5.41) is 2.71. The van der Waals surface area contributed by atoms with Gasteiger partial charge in [0.2, 0.25) is 5.91 Å². The molecule has 0 spiro atoms. The first kappa shape index (κ1) is 32.6. The highest BCUT2D eigenvalue weighted by Crippen LogP contribution is 2.26. The Hall–Kier alpha value is -2.39. The van der Waals surface area contributed by atoms with E-state index < -0.39 is 22.0 Å². The molecule has 2 aliphatic rings. The molecule has 2 aliphatic heterocycles. The molecule has 0 radical (unpaired) electrons. The van der Waals surface area contributed by atoms with E-state index in [-0.39, 0.29) is 15.2 Å². The fraction of sp³-hybridized carbons (Fsp3) is 0.375. The number of nitrogens with one attached hydrogen (secondary N) is 1. The molecule has 13 heteroatoms. The van der Waals surface area contributed by atoms with Crippen molar-refractivity contribution in [2.75, 3.05) is 13.1 Å². The van der Waals surface area contributed by atoms with Crippen LogP contribution in [0.25, 0.3) is 0 Å². The van der Waals surface area contributed by atoms with E-state index in [0.29, 0.717) is 25.2 Å². The Morgan fingerprint density at radius 2 is 1.92 bits per heavy atom. The Kier molecular flexibility index (Phi) is 14.5. The van der Waals surface area contributed by atoms with Crippen LogP contribution in [0.3, 0.4) is 0 Å². The van der Waals surface area contributed by atoms with E-state index in [1.165, 1.54) is 6.07 Å². The summed E-state index contributed by atoms with van der Waals surface area (Å²) in [6.07, 6.45) is 8.85. The third-order valence-electron chi connectivity index (χ3n) is 5.24. The summed E-state index contributed by atoms with van der Waals surface area (Å²) in [5.41, 5.74) is 6.33. The number of carbonyl (C=O) groups excluding carboxylic acids is 2. The second kappa shape index (κ2) is 16.5. The first-order valence-corrected chi connectivity index (χ1v) is 14.5. The summed E-state index contributed by atoms with van der Waals surface area (Å²) in [6, 6.07) is 11.7. The van der Waals surface area contributed by atoms with Gasteiger partial charge in [0, 0.05) is 19.2 Å². The minimum atomic E-state index is -3.70. The quantitative estimate of drug-likeness (QED) is 0.433. The van der Waals surface area contributed by atoms with Gasteiger partial charge in [0.05, 0.1) is 6.54 Å². The fourth-order valence-electron chi connectivity index (χ4n) is 3.44. The largest absolute Gasteiger partial charge is 0.412 e. The van der Waals surface area contributed by atoms with Gasteiger partial charge in [0.1, 0.15) is 21.1 Å². The molecular formula is C24H34N4O6S3. The topological polar surface area (TPSA) is 185 Å². The second-order valence-corrected chi connectivity index (χ2v) is 12.1. The number of nitrogens with zero attached hydrogens (tertiary/aromatic N) is 2. The maximum atomic E-state index is 12.1. The van der Waals surface area contributed by atoms with Gasteiger partial charge in [-0.2, -0.15) is 4.72 Å². The van der Waals surface area contributed by atoms with Gasteiger partial charge < -0.3 is 16.7 Å². The zero-order valence-corrected chi connectivity index (χ0v) is 22.8. The van der Waals surface area contributed by atoms with Crippen molar-refractivity contribution in [2.45, 2.75) is 48.8 Å². The highest BCUT2D eigenvalue weighted by Gasteiger charge is 2.24. The van der Waals surface area contributed by atoms with Crippen LogP contribution in [0.2, 0.25) is 0 Å². The zero-order chi connectivity index (χ0) is 25.1. The van der Waals surface area contributed by atoms with Gasteiger partial charge in [-0.05, 0) is 61.1 Å². The number of rotatable bonds is 9. The highest BCUT2D eigenvalue weighted by atomic mass is 32.2. The summed E-state index contributed by atoms with van der Waals surface area (Å²) in [7, 11) is -3.70. The Morgan fingerprint density at radius 3 is 2.51 bits per heavy atom. The van der Waals surface area contributed by atoms with Gasteiger partial charge >= 0.3 is 0 Å². The summed E-state index contributed by atoms with van der Waals surface area (Å²) < 4.78 is 28.9. The molecule has 3 heterocycles. The molecule has 0 saturated carbocycles. The lowest BCUT2D eigenvalue weighted by atomic mass is 10.1. The van der Waals surface area contributed by atoms with E-state index in [9.17, 15) is 18.0 Å². The number of aryl methyl sites for hydroxylation is 1. The number of hydrogen-bond acceptors (Lipinski definition) is 8. The number of allylic oxidation sites excluding steroid dienone is 1. The van der Waals surface area contributed by atoms with Crippen LogP contribution >= 0.6 is 23.3 Å². The number of Topliss-reactive ketones (excluding diaryl/α,β-unsaturated/α-hetero) is 1. The number of primary amides is 1. The molecule has 1 aromatic carbocycles. The molecule has 1 fully saturated rings. The maximum Gasteiger partial charge on any atom is 0.250 e. The van der Waals surface area contributed by atoms with Crippen molar-refractivity contribution >= 4 is 51.2 Å². The third kappa shape index (κ3) is 11.3. The number of nitrogens with two attached hydrogens (primary N) is 1. The smallest absolute Gasteiger partial charge is 0.250 e. The maximum absolute atomic E-state index is 12.1. The molecule has 0 bridgehead atoms. The molecule has 7 N–H and O–H groups in total. The van der Waals surface area contributed by atoms with E-state index in [1.54, 1.807) is 23.4 Å². The second-order valence-electron chi connectivity index (χ2n) is 8.06. The van der Waals surface area contributed by atoms with Crippen molar-refractivity contribution in [2.24, 2.45) is 10.7 Å². The first-order chi connectivity index (χ1) is 16.8. The van der Waals surface area contributed by atoms with Crippen LogP contribution in [-0.4, -0.2) is 60.7 Å². The van der Waals surface area contributed by atoms with Crippen LogP contribution in [0.4, 0.5) is 0 Å². The van der Waals surface area contributed by atoms with Crippen LogP contribution in [0.15, 0.2) is 68.2 Å². The Balaban J connectivity index is 0.000000375. The summed E-state index contributed by atoms with van der Waals surface area (Å²) in [6.45, 7) is 1.58. The van der Waals surface area contributed by atoms with E-state index in [4.69, 9.17) is 5.73 Å². The molecule has 10 nitrogen and oxygen atoms in total. The average Bonchev–Trinajstić information content (AvgIpc) is 3.40. The Morgan fingerprint density at radius 1 is 1.16 bits per heavy atom. The summed E-state index contributed by atoms with van der Waals surface area (Å²) in [4.78, 5) is 27.0. The SMILES string of the molecule is NC(=O)C(CCc1ccccc1)NS(=O)(=O)c1cccs1.O.O.O=C1CCCN(SC2=CCCC=N2)C1. The van der Waals surface area contributed by atoms with Crippen LogP contribution in [-0.2, 0) is 26.0 Å². The molecule has 1 atom stereocenters. The Bertz CT molecular complexity index is 1140. The van der Waals surface area contributed by atoms with Crippen molar-refractivity contribution in [1.29, 1.82) is 0 Å². The normalized spacial score (nSPS) is 16.3. The van der Waals surface area contributed by atoms with Gasteiger partial charge in [-0.3, -0.25) is 14.6 Å². The minimum absolute atomic E-state index is 0. The van der Waals surface area contributed by atoms with Crippen molar-refractivity contribution in [1.82, 2.24) is 9.03 Å². The van der Waals surface area contributed by atoms with Crippen LogP contribution in [0, 0.1) is 0 Å². The molecule has 1 unspecified atom stereocenters. The third-order valence-corrected chi connectivity index (χ3v) is 9.14. The van der Waals surface area contributed by atoms with Crippen molar-refractivity contribution < 1.29 is 29.0 Å². The number of aliphatic imine (C=N–C) groups is 1. The van der Waals surface area contributed by atoms with Gasteiger partial charge in [-0.15, -0.1) is 11.3 Å². The van der Waals surface area contributed by atoms with Crippen molar-refractivity contribution in [3.05, 3.63) is 64.5 Å². The van der Waals surface area contributed by atoms with Crippen molar-refractivity contribution in [3.8, 4) is 0 Å². The van der Waals surface area contributed by atoms with Gasteiger partial charge in [0.15, 0.2) is 0 Å². The van der Waals surface area contributed by atoms with Gasteiger partial charge in [0.25, 0.3) is 10.0 Å². The van der Waals surface area contributed by atoms with Crippen LogP contribution < -0.4 is 10.5 Å². The molecule has 4 rings (SSSR count). The predicted octanol–water partition coefficient (Wildman–Crippen LogP) is 1.87. The van der Waals surface area contributed by atoms with E-state index in [2.05, 4.69) is 20.1 Å². The van der Waals surface area contributed by atoms with Gasteiger partial charge in [-0.25, -0.2) is 12.7 Å². The number of carbonyl (C=O) groups is 2. The molecule has 1 saturated heterocycles. The lowest BCUT2D eigenvalue weighted by Crippen LogP contribution is -2.44. The van der Waals surface area contributed by atoms with Crippen LogP contribution in [0.5, 0.6) is 0 Å². The monoisotopic (exact) mass is 570 g/mol. The average molecular weight is 571 g/mol. The molecular weight excluding hydrogens is 536 g/mol. The number of ketones is 1. The Labute approximate surface area is 225 Å². The van der Waals surface area contributed by atoms with E-state index in [0.717, 1.165) is 54.2 Å². The number of benzene rings is 1. The summed E-state index contributed by atoms with van der Waals surface area (Å²) in [5.74, 6) is -0.324. The number of amides is 1. The molecule has 204 valence electrons. The molecule has 2 aromatic rings. The number of thiophene rings is 1. The highest BCUT2D eigenvalue weighted by molar-refractivity contribution is 8.00. The number of sulfonamides is 1. The fourth-order valence-corrected chi connectivity index (χ4v) is 6.70. The van der Waals surface area contributed by atoms with Crippen LogP contribution in [0.1, 0.15) is 37.7 Å². The van der Waals surface area contributed by atoms with E-state index in [1.807, 2.05) is 36.5 Å². The first-order valence-electron chi connectivity index (χ1n) is 11.4. The standard InChI is InChI=1S/C14H16N2O3S2.C10H14N2OS.2H2O/c15-14(17)12(9-8-11-5-2-1-3-6-11)16-21(18,19)13-7-4-10-20-13;13-9-4-3-7-12(8-9)14-10-5-1-2-6-11-10;;/h1-7,10,12,16H,8-9H2,(H2,15,17);5-6H,1-4,7-8H2;2*1H2.